The Morgan fingerprint density at radius 3 is 2.55 bits per heavy atom. The van der Waals surface area contributed by atoms with Crippen LogP contribution in [0.15, 0.2) is 0 Å². The summed E-state index contributed by atoms with van der Waals surface area (Å²) in [5, 5.41) is 0. The van der Waals surface area contributed by atoms with Crippen LogP contribution < -0.4 is 0 Å². The smallest absolute Gasteiger partial charge is 0.0698 e. The summed E-state index contributed by atoms with van der Waals surface area (Å²) in [6.07, 6.45) is 1.13. The molecule has 1 atom stereocenters. The van der Waals surface area contributed by atoms with E-state index in [1.807, 2.05) is 0 Å². The van der Waals surface area contributed by atoms with Gasteiger partial charge in [-0.25, -0.2) is 0 Å². The molecule has 11 heavy (non-hydrogen) atoms. The number of morpholine rings is 1. The lowest BCUT2D eigenvalue weighted by molar-refractivity contribution is -0.0578. The molecule has 2 heterocycles. The van der Waals surface area contributed by atoms with Crippen LogP contribution in [0.2, 0.25) is 0 Å². The topological polar surface area (TPSA) is 21.7 Å². The Hall–Kier alpha value is -0.120. The van der Waals surface area contributed by atoms with Crippen molar-refractivity contribution >= 4 is 0 Å². The minimum absolute atomic E-state index is 0.220. The van der Waals surface area contributed by atoms with Gasteiger partial charge in [0.05, 0.1) is 25.4 Å². The van der Waals surface area contributed by atoms with Crippen molar-refractivity contribution in [3.63, 3.8) is 0 Å². The quantitative estimate of drug-likeness (QED) is 0.498. The summed E-state index contributed by atoms with van der Waals surface area (Å²) >= 11 is 0. The number of rotatable bonds is 0. The molecular weight excluding hydrogens is 142 g/mol. The van der Waals surface area contributed by atoms with Crippen LogP contribution in [-0.2, 0) is 9.47 Å². The zero-order valence-corrected chi connectivity index (χ0v) is 7.01. The van der Waals surface area contributed by atoms with E-state index in [0.29, 0.717) is 0 Å². The van der Waals surface area contributed by atoms with Crippen molar-refractivity contribution in [3.8, 4) is 0 Å². The van der Waals surface area contributed by atoms with Crippen molar-refractivity contribution in [2.24, 2.45) is 0 Å². The molecule has 2 rings (SSSR count). The van der Waals surface area contributed by atoms with Gasteiger partial charge < -0.3 is 9.47 Å². The highest BCUT2D eigenvalue weighted by Gasteiger charge is 2.40. The molecule has 0 aromatic heterocycles. The highest BCUT2D eigenvalue weighted by atomic mass is 16.5. The summed E-state index contributed by atoms with van der Waals surface area (Å²) in [7, 11) is 2.16. The van der Waals surface area contributed by atoms with Crippen LogP contribution in [0, 0.1) is 0 Å². The molecule has 0 bridgehead atoms. The van der Waals surface area contributed by atoms with Crippen LogP contribution in [0.25, 0.3) is 0 Å². The number of hydrogen-bond donors (Lipinski definition) is 0. The molecule has 3 nitrogen and oxygen atoms in total. The van der Waals surface area contributed by atoms with Crippen molar-refractivity contribution in [1.82, 2.24) is 4.90 Å². The Labute approximate surface area is 67.3 Å². The molecule has 0 aromatic carbocycles. The molecule has 0 N–H and O–H groups in total. The van der Waals surface area contributed by atoms with Gasteiger partial charge in [-0.2, -0.15) is 0 Å². The van der Waals surface area contributed by atoms with Gasteiger partial charge in [0.25, 0.3) is 0 Å². The van der Waals surface area contributed by atoms with E-state index in [1.54, 1.807) is 0 Å². The SMILES string of the molecule is CN1CCOC[C@@]12CCOC2. The monoisotopic (exact) mass is 157 g/mol. The maximum Gasteiger partial charge on any atom is 0.0698 e. The van der Waals surface area contributed by atoms with Crippen molar-refractivity contribution in [2.75, 3.05) is 40.0 Å². The van der Waals surface area contributed by atoms with E-state index in [0.717, 1.165) is 39.4 Å². The third-order valence-electron chi connectivity index (χ3n) is 2.83. The second kappa shape index (κ2) is 2.73. The fraction of sp³-hybridized carbons (Fsp3) is 1.00. The summed E-state index contributed by atoms with van der Waals surface area (Å²) in [5.74, 6) is 0. The number of nitrogens with zero attached hydrogens (tertiary/aromatic N) is 1. The van der Waals surface area contributed by atoms with E-state index >= 15 is 0 Å². The van der Waals surface area contributed by atoms with Gasteiger partial charge in [-0.1, -0.05) is 0 Å². The predicted octanol–water partition coefficient (Wildman–Crippen LogP) is 0.107. The largest absolute Gasteiger partial charge is 0.379 e. The molecule has 0 radical (unpaired) electrons. The fourth-order valence-electron chi connectivity index (χ4n) is 1.82. The van der Waals surface area contributed by atoms with Crippen LogP contribution >= 0.6 is 0 Å². The van der Waals surface area contributed by atoms with E-state index in [9.17, 15) is 0 Å². The molecule has 0 saturated carbocycles. The predicted molar refractivity (Wildman–Crippen MR) is 41.6 cm³/mol. The number of ether oxygens (including phenoxy) is 2. The van der Waals surface area contributed by atoms with Crippen molar-refractivity contribution in [1.29, 1.82) is 0 Å². The van der Waals surface area contributed by atoms with E-state index in [1.165, 1.54) is 0 Å². The Kier molecular flexibility index (Phi) is 1.87. The average Bonchev–Trinajstić information content (AvgIpc) is 2.46. The first-order chi connectivity index (χ1) is 5.33. The maximum atomic E-state index is 5.46. The number of likely N-dealkylation sites (N-methyl/N-ethyl adjacent to an activating group) is 1. The van der Waals surface area contributed by atoms with Gasteiger partial charge in [-0.3, -0.25) is 4.90 Å². The van der Waals surface area contributed by atoms with Gasteiger partial charge in [0.1, 0.15) is 0 Å². The van der Waals surface area contributed by atoms with Crippen molar-refractivity contribution in [2.45, 2.75) is 12.0 Å². The Morgan fingerprint density at radius 2 is 1.91 bits per heavy atom. The van der Waals surface area contributed by atoms with E-state index < -0.39 is 0 Å². The van der Waals surface area contributed by atoms with Crippen molar-refractivity contribution in [3.05, 3.63) is 0 Å². The first-order valence-corrected chi connectivity index (χ1v) is 4.20. The molecule has 2 aliphatic heterocycles. The lowest BCUT2D eigenvalue weighted by Crippen LogP contribution is -2.55. The molecule has 0 aromatic rings. The minimum atomic E-state index is 0.220. The molecule has 0 aliphatic carbocycles. The summed E-state index contributed by atoms with van der Waals surface area (Å²) in [6.45, 7) is 4.52. The standard InChI is InChI=1S/C8H15NO2/c1-9-3-5-11-7-8(9)2-4-10-6-8/h2-7H2,1H3/t8-/m0/s1. The molecule has 2 fully saturated rings. The zero-order valence-electron chi connectivity index (χ0n) is 7.01. The molecular formula is C8H15NO2. The van der Waals surface area contributed by atoms with E-state index in [-0.39, 0.29) is 5.54 Å². The van der Waals surface area contributed by atoms with Gasteiger partial charge >= 0.3 is 0 Å². The van der Waals surface area contributed by atoms with Crippen LogP contribution in [0.1, 0.15) is 6.42 Å². The molecule has 0 amide bonds. The third kappa shape index (κ3) is 1.17. The minimum Gasteiger partial charge on any atom is -0.379 e. The summed E-state index contributed by atoms with van der Waals surface area (Å²) in [4.78, 5) is 2.38. The van der Waals surface area contributed by atoms with E-state index in [4.69, 9.17) is 9.47 Å². The van der Waals surface area contributed by atoms with Gasteiger partial charge in [-0.15, -0.1) is 0 Å². The molecule has 1 spiro atoms. The number of hydrogen-bond acceptors (Lipinski definition) is 3. The zero-order chi connectivity index (χ0) is 7.73. The first-order valence-electron chi connectivity index (χ1n) is 4.20. The third-order valence-corrected chi connectivity index (χ3v) is 2.83. The second-order valence-corrected chi connectivity index (χ2v) is 3.50. The van der Waals surface area contributed by atoms with E-state index in [2.05, 4.69) is 11.9 Å². The fourth-order valence-corrected chi connectivity index (χ4v) is 1.82. The summed E-state index contributed by atoms with van der Waals surface area (Å²) < 4.78 is 10.8. The molecule has 2 saturated heterocycles. The molecule has 64 valence electrons. The Morgan fingerprint density at radius 1 is 1.18 bits per heavy atom. The Bertz CT molecular complexity index is 143. The highest BCUT2D eigenvalue weighted by molar-refractivity contribution is 4.94. The van der Waals surface area contributed by atoms with Crippen molar-refractivity contribution < 1.29 is 9.47 Å². The second-order valence-electron chi connectivity index (χ2n) is 3.50. The normalized spacial score (nSPS) is 40.1. The first kappa shape index (κ1) is 7.53. The van der Waals surface area contributed by atoms with Crippen LogP contribution in [-0.4, -0.2) is 50.5 Å². The lowest BCUT2D eigenvalue weighted by atomic mass is 9.97. The lowest BCUT2D eigenvalue weighted by Gasteiger charge is -2.40. The van der Waals surface area contributed by atoms with Crippen LogP contribution in [0.3, 0.4) is 0 Å². The molecule has 3 heteroatoms. The van der Waals surface area contributed by atoms with Gasteiger partial charge in [-0.05, 0) is 13.5 Å². The summed E-state index contributed by atoms with van der Waals surface area (Å²) in [5.41, 5.74) is 0.220. The average molecular weight is 157 g/mol. The van der Waals surface area contributed by atoms with Gasteiger partial charge in [0.15, 0.2) is 0 Å². The summed E-state index contributed by atoms with van der Waals surface area (Å²) in [6, 6.07) is 0. The van der Waals surface area contributed by atoms with Crippen LogP contribution in [0.4, 0.5) is 0 Å². The van der Waals surface area contributed by atoms with Crippen LogP contribution in [0.5, 0.6) is 0 Å². The van der Waals surface area contributed by atoms with Gasteiger partial charge in [0, 0.05) is 13.2 Å². The van der Waals surface area contributed by atoms with Gasteiger partial charge in [0.2, 0.25) is 0 Å². The molecule has 0 unspecified atom stereocenters. The Balaban J connectivity index is 2.07. The highest BCUT2D eigenvalue weighted by Crippen LogP contribution is 2.27. The molecule has 2 aliphatic rings. The maximum absolute atomic E-state index is 5.46.